The van der Waals surface area contributed by atoms with E-state index in [1.54, 1.807) is 18.2 Å². The Bertz CT molecular complexity index is 423. The number of hydrogen-bond acceptors (Lipinski definition) is 3. The molecule has 0 saturated carbocycles. The van der Waals surface area contributed by atoms with Crippen LogP contribution in [0.2, 0.25) is 0 Å². The highest BCUT2D eigenvalue weighted by Crippen LogP contribution is 2.17. The number of aromatic carboxylic acids is 1. The van der Waals surface area contributed by atoms with Crippen molar-refractivity contribution in [2.45, 2.75) is 12.8 Å². The van der Waals surface area contributed by atoms with Gasteiger partial charge in [0, 0.05) is 13.0 Å². The first-order valence-corrected chi connectivity index (χ1v) is 5.85. The predicted molar refractivity (Wildman–Crippen MR) is 69.8 cm³/mol. The Balaban J connectivity index is 2.27. The van der Waals surface area contributed by atoms with E-state index >= 15 is 0 Å². The van der Waals surface area contributed by atoms with E-state index in [2.05, 4.69) is 11.2 Å². The van der Waals surface area contributed by atoms with E-state index in [1.165, 1.54) is 6.07 Å². The highest BCUT2D eigenvalue weighted by molar-refractivity contribution is 5.90. The van der Waals surface area contributed by atoms with Gasteiger partial charge in [-0.15, -0.1) is 12.3 Å². The van der Waals surface area contributed by atoms with Crippen LogP contribution in [0.3, 0.4) is 0 Å². The second kappa shape index (κ2) is 8.15. The largest absolute Gasteiger partial charge is 0.491 e. The molecule has 18 heavy (non-hydrogen) atoms. The fourth-order valence-corrected chi connectivity index (χ4v) is 1.44. The number of para-hydroxylation sites is 1. The molecule has 0 radical (unpaired) electrons. The number of carbonyl (C=O) groups is 1. The molecule has 0 amide bonds. The second-order valence-corrected chi connectivity index (χ2v) is 3.71. The molecule has 1 rings (SSSR count). The van der Waals surface area contributed by atoms with Gasteiger partial charge in [-0.25, -0.2) is 4.79 Å². The van der Waals surface area contributed by atoms with Crippen molar-refractivity contribution in [2.75, 3.05) is 19.7 Å². The summed E-state index contributed by atoms with van der Waals surface area (Å²) in [6.45, 7) is 1.94. The molecule has 0 saturated heterocycles. The van der Waals surface area contributed by atoms with Crippen LogP contribution in [0.4, 0.5) is 0 Å². The van der Waals surface area contributed by atoms with Crippen molar-refractivity contribution in [3.8, 4) is 18.1 Å². The third-order valence-electron chi connectivity index (χ3n) is 2.33. The third kappa shape index (κ3) is 4.89. The van der Waals surface area contributed by atoms with Crippen LogP contribution in [0.5, 0.6) is 5.75 Å². The molecule has 0 bridgehead atoms. The molecule has 2 N–H and O–H groups in total. The lowest BCUT2D eigenvalue weighted by Gasteiger charge is -2.09. The van der Waals surface area contributed by atoms with Gasteiger partial charge in [0.25, 0.3) is 0 Å². The zero-order valence-corrected chi connectivity index (χ0v) is 10.2. The molecular formula is C14H17NO3. The fourth-order valence-electron chi connectivity index (χ4n) is 1.44. The van der Waals surface area contributed by atoms with Crippen LogP contribution in [0.1, 0.15) is 23.2 Å². The van der Waals surface area contributed by atoms with E-state index in [9.17, 15) is 4.79 Å². The average Bonchev–Trinajstić information content (AvgIpc) is 2.38. The van der Waals surface area contributed by atoms with E-state index in [4.69, 9.17) is 16.3 Å². The number of benzene rings is 1. The number of unbranched alkanes of at least 4 members (excludes halogenated alkanes) is 1. The van der Waals surface area contributed by atoms with Gasteiger partial charge in [-0.1, -0.05) is 12.1 Å². The molecule has 0 aliphatic rings. The SMILES string of the molecule is C#CCCCNCCOc1ccccc1C(=O)O. The molecule has 0 aliphatic carbocycles. The number of carboxylic acids is 1. The molecule has 0 unspecified atom stereocenters. The van der Waals surface area contributed by atoms with Crippen LogP contribution in [0.25, 0.3) is 0 Å². The molecule has 96 valence electrons. The summed E-state index contributed by atoms with van der Waals surface area (Å²) in [5.41, 5.74) is 0.185. The molecule has 0 spiro atoms. The van der Waals surface area contributed by atoms with E-state index in [1.807, 2.05) is 0 Å². The summed E-state index contributed by atoms with van der Waals surface area (Å²) >= 11 is 0. The molecule has 4 nitrogen and oxygen atoms in total. The van der Waals surface area contributed by atoms with Gasteiger partial charge in [-0.2, -0.15) is 0 Å². The van der Waals surface area contributed by atoms with Crippen LogP contribution < -0.4 is 10.1 Å². The number of nitrogens with one attached hydrogen (secondary N) is 1. The lowest BCUT2D eigenvalue weighted by molar-refractivity contribution is 0.0692. The molecule has 0 aromatic heterocycles. The lowest BCUT2D eigenvalue weighted by atomic mass is 10.2. The van der Waals surface area contributed by atoms with E-state index in [-0.39, 0.29) is 5.56 Å². The lowest BCUT2D eigenvalue weighted by Crippen LogP contribution is -2.22. The highest BCUT2D eigenvalue weighted by Gasteiger charge is 2.09. The minimum atomic E-state index is -0.979. The van der Waals surface area contributed by atoms with Crippen LogP contribution in [-0.2, 0) is 0 Å². The first-order valence-electron chi connectivity index (χ1n) is 5.85. The minimum Gasteiger partial charge on any atom is -0.491 e. The molecule has 1 aromatic rings. The third-order valence-corrected chi connectivity index (χ3v) is 2.33. The zero-order chi connectivity index (χ0) is 13.2. The molecule has 0 atom stereocenters. The number of ether oxygens (including phenoxy) is 1. The maximum absolute atomic E-state index is 10.9. The van der Waals surface area contributed by atoms with Gasteiger partial charge in [-0.3, -0.25) is 0 Å². The Hall–Kier alpha value is -1.99. The van der Waals surface area contributed by atoms with Gasteiger partial charge in [0.1, 0.15) is 17.9 Å². The normalized spacial score (nSPS) is 9.72. The monoisotopic (exact) mass is 247 g/mol. The van der Waals surface area contributed by atoms with Crippen LogP contribution in [0.15, 0.2) is 24.3 Å². The van der Waals surface area contributed by atoms with E-state index in [0.29, 0.717) is 18.9 Å². The maximum atomic E-state index is 10.9. The summed E-state index contributed by atoms with van der Waals surface area (Å²) < 4.78 is 5.42. The molecule has 4 heteroatoms. The fraction of sp³-hybridized carbons (Fsp3) is 0.357. The van der Waals surface area contributed by atoms with Gasteiger partial charge in [0.2, 0.25) is 0 Å². The van der Waals surface area contributed by atoms with Crippen molar-refractivity contribution < 1.29 is 14.6 Å². The second-order valence-electron chi connectivity index (χ2n) is 3.71. The topological polar surface area (TPSA) is 58.6 Å². The van der Waals surface area contributed by atoms with Crippen molar-refractivity contribution in [2.24, 2.45) is 0 Å². The van der Waals surface area contributed by atoms with E-state index < -0.39 is 5.97 Å². The van der Waals surface area contributed by atoms with Crippen LogP contribution >= 0.6 is 0 Å². The Morgan fingerprint density at radius 2 is 2.17 bits per heavy atom. The first-order chi connectivity index (χ1) is 8.75. The zero-order valence-electron chi connectivity index (χ0n) is 10.2. The van der Waals surface area contributed by atoms with Gasteiger partial charge in [0.05, 0.1) is 0 Å². The Kier molecular flexibility index (Phi) is 6.37. The van der Waals surface area contributed by atoms with Crippen LogP contribution in [0, 0.1) is 12.3 Å². The van der Waals surface area contributed by atoms with Gasteiger partial charge in [-0.05, 0) is 25.1 Å². The van der Waals surface area contributed by atoms with Gasteiger partial charge in [0.15, 0.2) is 0 Å². The molecule has 1 aromatic carbocycles. The standard InChI is InChI=1S/C14H17NO3/c1-2-3-6-9-15-10-11-18-13-8-5-4-7-12(13)14(16)17/h1,4-5,7-8,15H,3,6,9-11H2,(H,16,17). The number of carboxylic acid groups (broad SMARTS) is 1. The van der Waals surface area contributed by atoms with Crippen molar-refractivity contribution >= 4 is 5.97 Å². The summed E-state index contributed by atoms with van der Waals surface area (Å²) in [6, 6.07) is 6.61. The summed E-state index contributed by atoms with van der Waals surface area (Å²) in [5, 5.41) is 12.1. The molecular weight excluding hydrogens is 230 g/mol. The van der Waals surface area contributed by atoms with Crippen molar-refractivity contribution in [1.29, 1.82) is 0 Å². The number of rotatable bonds is 8. The summed E-state index contributed by atoms with van der Waals surface area (Å²) in [6.07, 6.45) is 6.82. The van der Waals surface area contributed by atoms with Crippen molar-refractivity contribution in [3.05, 3.63) is 29.8 Å². The molecule has 0 fully saturated rings. The van der Waals surface area contributed by atoms with Gasteiger partial charge >= 0.3 is 5.97 Å². The summed E-state index contributed by atoms with van der Waals surface area (Å²) in [5.74, 6) is 1.99. The van der Waals surface area contributed by atoms with E-state index in [0.717, 1.165) is 19.4 Å². The Labute approximate surface area is 107 Å². The Morgan fingerprint density at radius 1 is 1.39 bits per heavy atom. The molecule has 0 aliphatic heterocycles. The quantitative estimate of drug-likeness (QED) is 0.543. The smallest absolute Gasteiger partial charge is 0.339 e. The molecule has 0 heterocycles. The first kappa shape index (κ1) is 14.1. The Morgan fingerprint density at radius 3 is 2.89 bits per heavy atom. The average molecular weight is 247 g/mol. The highest BCUT2D eigenvalue weighted by atomic mass is 16.5. The van der Waals surface area contributed by atoms with Gasteiger partial charge < -0.3 is 15.2 Å². The predicted octanol–water partition coefficient (Wildman–Crippen LogP) is 1.77. The minimum absolute atomic E-state index is 0.185. The van der Waals surface area contributed by atoms with Crippen molar-refractivity contribution in [3.63, 3.8) is 0 Å². The number of hydrogen-bond donors (Lipinski definition) is 2. The summed E-state index contributed by atoms with van der Waals surface area (Å²) in [4.78, 5) is 10.9. The number of terminal acetylenes is 1. The maximum Gasteiger partial charge on any atom is 0.339 e. The van der Waals surface area contributed by atoms with Crippen molar-refractivity contribution in [1.82, 2.24) is 5.32 Å². The summed E-state index contributed by atoms with van der Waals surface area (Å²) in [7, 11) is 0. The van der Waals surface area contributed by atoms with Crippen LogP contribution in [-0.4, -0.2) is 30.8 Å².